The van der Waals surface area contributed by atoms with Crippen molar-refractivity contribution >= 4 is 39.3 Å². The van der Waals surface area contributed by atoms with E-state index in [4.69, 9.17) is 4.98 Å². The highest BCUT2D eigenvalue weighted by Crippen LogP contribution is 2.34. The Kier molecular flexibility index (Phi) is 7.38. The number of hydrogen-bond acceptors (Lipinski definition) is 8. The van der Waals surface area contributed by atoms with E-state index in [0.29, 0.717) is 28.8 Å². The Morgan fingerprint density at radius 3 is 2.58 bits per heavy atom. The number of fused-ring (bicyclic) bond motifs is 2. The van der Waals surface area contributed by atoms with E-state index in [1.807, 2.05) is 20.9 Å². The highest BCUT2D eigenvalue weighted by molar-refractivity contribution is 5.96. The molecule has 1 aliphatic heterocycles. The predicted molar refractivity (Wildman–Crippen MR) is 171 cm³/mol. The van der Waals surface area contributed by atoms with Crippen molar-refractivity contribution < 1.29 is 0 Å². The molecule has 0 unspecified atom stereocenters. The number of piperidine rings is 1. The molecule has 1 aromatic carbocycles. The number of hydrogen-bond donors (Lipinski definition) is 1. The molecule has 0 bridgehead atoms. The average Bonchev–Trinajstić information content (AvgIpc) is 3.49. The summed E-state index contributed by atoms with van der Waals surface area (Å²) < 4.78 is 6.63. The van der Waals surface area contributed by atoms with Crippen LogP contribution in [0.15, 0.2) is 65.0 Å². The van der Waals surface area contributed by atoms with Crippen LogP contribution in [0.1, 0.15) is 32.7 Å². The molecule has 6 rings (SSSR count). The molecule has 1 aliphatic rings. The normalized spacial score (nSPS) is 14.4. The Morgan fingerprint density at radius 2 is 1.88 bits per heavy atom. The van der Waals surface area contributed by atoms with Crippen LogP contribution in [0.3, 0.4) is 0 Å². The second kappa shape index (κ2) is 11.2. The summed E-state index contributed by atoms with van der Waals surface area (Å²) in [4.78, 5) is 39.9. The number of allylic oxidation sites excluding steroid dienone is 1. The van der Waals surface area contributed by atoms with E-state index in [2.05, 4.69) is 74.8 Å². The zero-order chi connectivity index (χ0) is 30.4. The maximum atomic E-state index is 13.4. The molecule has 12 nitrogen and oxygen atoms in total. The predicted octanol–water partition coefficient (Wildman–Crippen LogP) is 3.67. The minimum Gasteiger partial charge on any atom is -0.371 e. The molecule has 0 saturated carbocycles. The number of nitrogens with zero attached hydrogens (tertiary/aromatic N) is 9. The van der Waals surface area contributed by atoms with Crippen LogP contribution in [0.25, 0.3) is 27.8 Å². The molecule has 0 aliphatic carbocycles. The van der Waals surface area contributed by atoms with Crippen molar-refractivity contribution in [3.63, 3.8) is 0 Å². The van der Waals surface area contributed by atoms with Gasteiger partial charge in [0.05, 0.1) is 18.1 Å². The first-order valence-corrected chi connectivity index (χ1v) is 14.6. The minimum absolute atomic E-state index is 0.156. The maximum Gasteiger partial charge on any atom is 0.278 e. The Morgan fingerprint density at radius 1 is 1.12 bits per heavy atom. The fourth-order valence-corrected chi connectivity index (χ4v) is 5.94. The minimum atomic E-state index is -0.265. The first-order valence-electron chi connectivity index (χ1n) is 14.6. The Hall–Kier alpha value is -4.71. The molecule has 1 N–H and O–H groups in total. The van der Waals surface area contributed by atoms with Crippen LogP contribution < -0.4 is 21.3 Å². The van der Waals surface area contributed by atoms with E-state index in [0.717, 1.165) is 37.1 Å². The lowest BCUT2D eigenvalue weighted by molar-refractivity contribution is 0.250. The summed E-state index contributed by atoms with van der Waals surface area (Å²) in [7, 11) is 6.35. The molecular weight excluding hydrogens is 544 g/mol. The van der Waals surface area contributed by atoms with Gasteiger partial charge < -0.3 is 19.7 Å². The first kappa shape index (κ1) is 28.4. The van der Waals surface area contributed by atoms with Gasteiger partial charge in [0.25, 0.3) is 11.1 Å². The van der Waals surface area contributed by atoms with Gasteiger partial charge in [-0.1, -0.05) is 6.08 Å². The summed E-state index contributed by atoms with van der Waals surface area (Å²) >= 11 is 0. The van der Waals surface area contributed by atoms with Crippen LogP contribution in [0.2, 0.25) is 0 Å². The smallest absolute Gasteiger partial charge is 0.278 e. The van der Waals surface area contributed by atoms with Gasteiger partial charge in [-0.2, -0.15) is 4.98 Å². The summed E-state index contributed by atoms with van der Waals surface area (Å²) in [6.45, 7) is 9.78. The zero-order valence-electron chi connectivity index (χ0n) is 25.4. The lowest BCUT2D eigenvalue weighted by Crippen LogP contribution is -2.42. The van der Waals surface area contributed by atoms with E-state index in [1.54, 1.807) is 16.8 Å². The number of rotatable bonds is 8. The van der Waals surface area contributed by atoms with Crippen molar-refractivity contribution in [3.8, 4) is 5.82 Å². The Balaban J connectivity index is 1.43. The van der Waals surface area contributed by atoms with Crippen molar-refractivity contribution in [2.75, 3.05) is 37.4 Å². The molecule has 1 saturated heterocycles. The van der Waals surface area contributed by atoms with Crippen LogP contribution in [0.4, 0.5) is 17.3 Å². The second-order valence-corrected chi connectivity index (χ2v) is 11.6. The molecule has 0 amide bonds. The van der Waals surface area contributed by atoms with Gasteiger partial charge in [-0.05, 0) is 65.0 Å². The summed E-state index contributed by atoms with van der Waals surface area (Å²) in [5.74, 6) is 0.751. The van der Waals surface area contributed by atoms with Gasteiger partial charge in [-0.15, -0.1) is 11.7 Å². The third-order valence-electron chi connectivity index (χ3n) is 8.27. The van der Waals surface area contributed by atoms with Crippen LogP contribution >= 0.6 is 0 Å². The van der Waals surface area contributed by atoms with Gasteiger partial charge in [0.1, 0.15) is 5.39 Å². The highest BCUT2D eigenvalue weighted by atomic mass is 16.1. The average molecular weight is 583 g/mol. The molecule has 4 aromatic heterocycles. The SMILES string of the molecule is C=CCn1c(=O)c2cnc(Nc3cc(N4CCC(N(C)C)CC4)c4ccn(C)c4c3)nc2n1-c1ccc(=O)n(C(C)C)n1. The maximum absolute atomic E-state index is 13.4. The third kappa shape index (κ3) is 5.11. The van der Waals surface area contributed by atoms with E-state index >= 15 is 0 Å². The summed E-state index contributed by atoms with van der Waals surface area (Å²) in [5.41, 5.74) is 3.03. The molecule has 224 valence electrons. The molecule has 0 radical (unpaired) electrons. The lowest BCUT2D eigenvalue weighted by atomic mass is 10.0. The summed E-state index contributed by atoms with van der Waals surface area (Å²) in [5, 5.41) is 9.51. The van der Waals surface area contributed by atoms with E-state index < -0.39 is 0 Å². The molecule has 12 heteroatoms. The molecule has 1 fully saturated rings. The highest BCUT2D eigenvalue weighted by Gasteiger charge is 2.23. The molecule has 0 spiro atoms. The van der Waals surface area contributed by atoms with Gasteiger partial charge in [0, 0.05) is 61.4 Å². The molecule has 5 aromatic rings. The van der Waals surface area contributed by atoms with Crippen molar-refractivity contribution in [1.82, 2.24) is 38.6 Å². The largest absolute Gasteiger partial charge is 0.371 e. The molecular formula is C31H38N10O2. The fourth-order valence-electron chi connectivity index (χ4n) is 5.94. The zero-order valence-corrected chi connectivity index (χ0v) is 25.4. The lowest BCUT2D eigenvalue weighted by Gasteiger charge is -2.37. The van der Waals surface area contributed by atoms with Crippen LogP contribution in [0, 0.1) is 0 Å². The van der Waals surface area contributed by atoms with Crippen LogP contribution in [-0.2, 0) is 13.6 Å². The number of aromatic nitrogens is 7. The number of anilines is 3. The van der Waals surface area contributed by atoms with Gasteiger partial charge in [-0.3, -0.25) is 9.59 Å². The standard InChI is InChI=1S/C31H38N10O2/c1-7-13-39-30(43)24-19-32-31(34-29(24)41(39)27-8-9-28(42)40(35-27)20(2)3)33-21-17-25-23(12-14-37(25)6)26(18-21)38-15-10-22(11-16-38)36(4)5/h7-9,12,14,17-20,22H,1,10-11,13,15-16H2,2-6H3,(H,32,33,34). The van der Waals surface area contributed by atoms with Crippen LogP contribution in [0.5, 0.6) is 0 Å². The third-order valence-corrected chi connectivity index (χ3v) is 8.27. The van der Waals surface area contributed by atoms with Crippen LogP contribution in [-0.4, -0.2) is 71.8 Å². The summed E-state index contributed by atoms with van der Waals surface area (Å²) in [6.07, 6.45) is 7.47. The van der Waals surface area contributed by atoms with E-state index in [-0.39, 0.29) is 23.7 Å². The van der Waals surface area contributed by atoms with Gasteiger partial charge >= 0.3 is 0 Å². The number of aryl methyl sites for hydroxylation is 1. The second-order valence-electron chi connectivity index (χ2n) is 11.6. The Bertz CT molecular complexity index is 1940. The molecule has 0 atom stereocenters. The quantitative estimate of drug-likeness (QED) is 0.276. The topological polar surface area (TPSA) is 111 Å². The summed E-state index contributed by atoms with van der Waals surface area (Å²) in [6, 6.07) is 9.90. The number of benzene rings is 1. The molecule has 5 heterocycles. The molecule has 43 heavy (non-hydrogen) atoms. The monoisotopic (exact) mass is 582 g/mol. The van der Waals surface area contributed by atoms with E-state index in [1.165, 1.54) is 32.7 Å². The van der Waals surface area contributed by atoms with Crippen molar-refractivity contribution in [2.45, 2.75) is 45.3 Å². The van der Waals surface area contributed by atoms with Gasteiger partial charge in [0.2, 0.25) is 5.95 Å². The van der Waals surface area contributed by atoms with Crippen molar-refractivity contribution in [3.05, 3.63) is 76.1 Å². The van der Waals surface area contributed by atoms with Crippen molar-refractivity contribution in [1.29, 1.82) is 0 Å². The fraction of sp³-hybridized carbons (Fsp3) is 0.387. The van der Waals surface area contributed by atoms with Crippen molar-refractivity contribution in [2.24, 2.45) is 7.05 Å². The van der Waals surface area contributed by atoms with E-state index in [9.17, 15) is 9.59 Å². The Labute approximate surface area is 249 Å². The van der Waals surface area contributed by atoms with Gasteiger partial charge in [0.15, 0.2) is 11.5 Å². The number of nitrogens with one attached hydrogen (secondary N) is 1. The van der Waals surface area contributed by atoms with Gasteiger partial charge in [-0.25, -0.2) is 19.0 Å². The first-order chi connectivity index (χ1) is 20.7.